The lowest BCUT2D eigenvalue weighted by Gasteiger charge is -2.26. The molecule has 9 heteroatoms. The molecule has 3 heterocycles. The van der Waals surface area contributed by atoms with E-state index in [1.807, 2.05) is 4.90 Å². The number of thioether (sulfide) groups is 1. The number of carbonyl (C=O) groups is 1. The van der Waals surface area contributed by atoms with Gasteiger partial charge in [-0.05, 0) is 0 Å². The van der Waals surface area contributed by atoms with E-state index in [-0.39, 0.29) is 5.91 Å². The fraction of sp³-hybridized carbons (Fsp3) is 0.333. The highest BCUT2D eigenvalue weighted by Crippen LogP contribution is 2.28. The molecule has 0 atom stereocenters. The van der Waals surface area contributed by atoms with E-state index in [0.29, 0.717) is 16.4 Å². The lowest BCUT2D eigenvalue weighted by Crippen LogP contribution is -2.31. The summed E-state index contributed by atoms with van der Waals surface area (Å²) in [5.74, 6) is 1.32. The van der Waals surface area contributed by atoms with Crippen molar-refractivity contribution in [1.29, 1.82) is 0 Å². The number of nitrogens with one attached hydrogen (secondary N) is 1. The predicted molar refractivity (Wildman–Crippen MR) is 79.3 cm³/mol. The van der Waals surface area contributed by atoms with Gasteiger partial charge in [-0.25, -0.2) is 20.0 Å². The lowest BCUT2D eigenvalue weighted by molar-refractivity contribution is -0.163. The lowest BCUT2D eigenvalue weighted by atomic mass is 10.4. The molecule has 0 unspecified atom stereocenters. The van der Waals surface area contributed by atoms with E-state index in [2.05, 4.69) is 19.9 Å². The van der Waals surface area contributed by atoms with Crippen molar-refractivity contribution in [1.82, 2.24) is 25.0 Å². The summed E-state index contributed by atoms with van der Waals surface area (Å²) < 4.78 is 0. The zero-order valence-electron chi connectivity index (χ0n) is 11.6. The van der Waals surface area contributed by atoms with Crippen LogP contribution in [0.5, 0.6) is 0 Å². The Morgan fingerprint density at radius 3 is 3.14 bits per heavy atom. The summed E-state index contributed by atoms with van der Waals surface area (Å²) in [5.41, 5.74) is 1.36. The zero-order chi connectivity index (χ0) is 14.8. The van der Waals surface area contributed by atoms with Gasteiger partial charge in [0.05, 0.1) is 18.3 Å². The Labute approximate surface area is 125 Å². The van der Waals surface area contributed by atoms with Gasteiger partial charge in [0.2, 0.25) is 0 Å². The molecule has 3 rings (SSSR count). The maximum atomic E-state index is 12.2. The van der Waals surface area contributed by atoms with Crippen LogP contribution in [0.4, 0.5) is 5.82 Å². The van der Waals surface area contributed by atoms with Gasteiger partial charge >= 0.3 is 0 Å². The van der Waals surface area contributed by atoms with Crippen molar-refractivity contribution in [3.05, 3.63) is 23.8 Å². The molecule has 0 fully saturated rings. The number of anilines is 1. The third-order valence-electron chi connectivity index (χ3n) is 3.11. The molecule has 2 aromatic heterocycles. The molecule has 21 heavy (non-hydrogen) atoms. The topological polar surface area (TPSA) is 87.2 Å². The number of nitrogens with zero attached hydrogens (tertiary/aromatic N) is 5. The fourth-order valence-electron chi connectivity index (χ4n) is 1.99. The summed E-state index contributed by atoms with van der Waals surface area (Å²) in [4.78, 5) is 35.2. The van der Waals surface area contributed by atoms with Crippen molar-refractivity contribution < 1.29 is 9.63 Å². The molecule has 1 aliphatic heterocycles. The molecule has 1 N–H and O–H groups in total. The minimum absolute atomic E-state index is 0.179. The van der Waals surface area contributed by atoms with Gasteiger partial charge in [0, 0.05) is 25.5 Å². The monoisotopic (exact) mass is 306 g/mol. The summed E-state index contributed by atoms with van der Waals surface area (Å²) in [7, 11) is 3.04. The van der Waals surface area contributed by atoms with Crippen LogP contribution in [0.3, 0.4) is 0 Å². The highest BCUT2D eigenvalue weighted by atomic mass is 32.2. The van der Waals surface area contributed by atoms with Gasteiger partial charge in [-0.15, -0.1) is 11.8 Å². The van der Waals surface area contributed by atoms with Crippen molar-refractivity contribution in [2.24, 2.45) is 0 Å². The summed E-state index contributed by atoms with van der Waals surface area (Å²) in [6.45, 7) is 0.753. The number of imidazole rings is 1. The molecule has 0 radical (unpaired) electrons. The summed E-state index contributed by atoms with van der Waals surface area (Å²) >= 11 is 1.50. The first-order valence-corrected chi connectivity index (χ1v) is 7.26. The Morgan fingerprint density at radius 1 is 1.48 bits per heavy atom. The van der Waals surface area contributed by atoms with Crippen LogP contribution < -0.4 is 4.90 Å². The number of carbonyl (C=O) groups excluding carboxylic acids is 1. The molecule has 0 aliphatic carbocycles. The van der Waals surface area contributed by atoms with Crippen LogP contribution in [-0.2, 0) is 9.63 Å². The number of rotatable bonds is 3. The van der Waals surface area contributed by atoms with Crippen LogP contribution in [0.2, 0.25) is 0 Å². The molecular weight excluding hydrogens is 292 g/mol. The van der Waals surface area contributed by atoms with Crippen LogP contribution >= 0.6 is 11.8 Å². The molecule has 0 spiro atoms. The van der Waals surface area contributed by atoms with Gasteiger partial charge in [-0.2, -0.15) is 0 Å². The van der Waals surface area contributed by atoms with Crippen molar-refractivity contribution in [3.63, 3.8) is 0 Å². The number of hydrogen-bond donors (Lipinski definition) is 1. The van der Waals surface area contributed by atoms with Gasteiger partial charge in [0.15, 0.2) is 11.5 Å². The van der Waals surface area contributed by atoms with E-state index in [9.17, 15) is 4.79 Å². The van der Waals surface area contributed by atoms with Crippen molar-refractivity contribution in [3.8, 4) is 0 Å². The number of aromatic amines is 1. The average Bonchev–Trinajstić information content (AvgIpc) is 3.02. The van der Waals surface area contributed by atoms with E-state index < -0.39 is 0 Å². The maximum Gasteiger partial charge on any atom is 0.285 e. The predicted octanol–water partition coefficient (Wildman–Crippen LogP) is 0.767. The first-order valence-electron chi connectivity index (χ1n) is 6.28. The Balaban J connectivity index is 1.95. The molecule has 0 bridgehead atoms. The second kappa shape index (κ2) is 5.70. The quantitative estimate of drug-likeness (QED) is 0.838. The number of fused-ring (bicyclic) bond motifs is 1. The van der Waals surface area contributed by atoms with Gasteiger partial charge in [0.25, 0.3) is 5.91 Å². The Kier molecular flexibility index (Phi) is 3.76. The van der Waals surface area contributed by atoms with Gasteiger partial charge in [-0.1, -0.05) is 0 Å². The molecule has 8 nitrogen and oxygen atoms in total. The maximum absolute atomic E-state index is 12.2. The van der Waals surface area contributed by atoms with E-state index in [0.717, 1.165) is 17.8 Å². The summed E-state index contributed by atoms with van der Waals surface area (Å²) in [5, 5.41) is 1.20. The molecule has 0 saturated heterocycles. The van der Waals surface area contributed by atoms with Crippen molar-refractivity contribution >= 4 is 34.7 Å². The third kappa shape index (κ3) is 2.57. The molecule has 110 valence electrons. The fourth-order valence-corrected chi connectivity index (χ4v) is 2.95. The number of aromatic nitrogens is 4. The minimum atomic E-state index is -0.179. The molecule has 2 aromatic rings. The highest BCUT2D eigenvalue weighted by molar-refractivity contribution is 8.04. The minimum Gasteiger partial charge on any atom is -0.340 e. The highest BCUT2D eigenvalue weighted by Gasteiger charge is 2.23. The Morgan fingerprint density at radius 2 is 2.33 bits per heavy atom. The standard InChI is InChI=1S/C12H14N6O2S/c1-17(20-2)12(19)8-5-18(3-4-21-8)11-9-10(14-6-13-9)15-7-16-11/h5-7H,3-4H2,1-2H3,(H,13,14,15,16). The average molecular weight is 306 g/mol. The van der Waals surface area contributed by atoms with Gasteiger partial charge < -0.3 is 9.88 Å². The van der Waals surface area contributed by atoms with E-state index >= 15 is 0 Å². The molecular formula is C12H14N6O2S. The first kappa shape index (κ1) is 13.8. The second-order valence-electron chi connectivity index (χ2n) is 4.32. The van der Waals surface area contributed by atoms with Crippen LogP contribution in [0.15, 0.2) is 23.8 Å². The smallest absolute Gasteiger partial charge is 0.285 e. The van der Waals surface area contributed by atoms with Gasteiger partial charge in [0.1, 0.15) is 11.8 Å². The van der Waals surface area contributed by atoms with Crippen LogP contribution in [0, 0.1) is 0 Å². The van der Waals surface area contributed by atoms with E-state index in [1.165, 1.54) is 30.3 Å². The van der Waals surface area contributed by atoms with Crippen molar-refractivity contribution in [2.45, 2.75) is 0 Å². The normalized spacial score (nSPS) is 15.1. The van der Waals surface area contributed by atoms with Crippen LogP contribution in [0.1, 0.15) is 0 Å². The van der Waals surface area contributed by atoms with Crippen LogP contribution in [-0.4, -0.2) is 57.4 Å². The Bertz CT molecular complexity index is 700. The number of hydroxylamine groups is 2. The SMILES string of the molecule is CON(C)C(=O)C1=CN(c2ncnc3nc[nH]c23)CCS1. The van der Waals surface area contributed by atoms with E-state index in [4.69, 9.17) is 4.84 Å². The van der Waals surface area contributed by atoms with E-state index in [1.54, 1.807) is 19.6 Å². The molecule has 1 aliphatic rings. The number of H-pyrrole nitrogens is 1. The third-order valence-corrected chi connectivity index (χ3v) is 4.09. The van der Waals surface area contributed by atoms with Crippen LogP contribution in [0.25, 0.3) is 11.2 Å². The first-order chi connectivity index (χ1) is 10.2. The molecule has 0 saturated carbocycles. The number of amides is 1. The molecule has 1 amide bonds. The summed E-state index contributed by atoms with van der Waals surface area (Å²) in [6, 6.07) is 0. The number of likely N-dealkylation sites (N-methyl/N-ethyl adjacent to an activating group) is 1. The molecule has 0 aromatic carbocycles. The summed E-state index contributed by atoms with van der Waals surface area (Å²) in [6.07, 6.45) is 4.83. The Hall–Kier alpha value is -2.13. The zero-order valence-corrected chi connectivity index (χ0v) is 12.4. The largest absolute Gasteiger partial charge is 0.340 e. The van der Waals surface area contributed by atoms with Crippen molar-refractivity contribution in [2.75, 3.05) is 31.4 Å². The number of hydrogen-bond acceptors (Lipinski definition) is 7. The second-order valence-corrected chi connectivity index (χ2v) is 5.46. The van der Waals surface area contributed by atoms with Gasteiger partial charge in [-0.3, -0.25) is 9.63 Å².